The number of benzene rings is 1. The maximum atomic E-state index is 12.3. The first kappa shape index (κ1) is 12.9. The molecule has 0 heterocycles. The summed E-state index contributed by atoms with van der Waals surface area (Å²) in [6.07, 6.45) is 2.80. The van der Waals surface area contributed by atoms with Crippen molar-refractivity contribution >= 4 is 11.6 Å². The molecular formula is C14H20N2O2. The lowest BCUT2D eigenvalue weighted by molar-refractivity contribution is -0.125. The minimum Gasteiger partial charge on any atom is -0.497 e. The Morgan fingerprint density at radius 3 is 2.61 bits per heavy atom. The average molecular weight is 248 g/mol. The van der Waals surface area contributed by atoms with Crippen LogP contribution in [0, 0.1) is 5.41 Å². The van der Waals surface area contributed by atoms with Gasteiger partial charge in [-0.1, -0.05) is 6.42 Å². The van der Waals surface area contributed by atoms with Crippen LogP contribution in [0.5, 0.6) is 5.75 Å². The SMILES string of the molecule is COc1ccc(NC(=O)C2(C)CCCC2N)cc1. The zero-order valence-electron chi connectivity index (χ0n) is 10.9. The van der Waals surface area contributed by atoms with Gasteiger partial charge in [0.15, 0.2) is 0 Å². The molecule has 2 rings (SSSR count). The average Bonchev–Trinajstić information content (AvgIpc) is 2.72. The number of carbonyl (C=O) groups excluding carboxylic acids is 1. The van der Waals surface area contributed by atoms with Crippen LogP contribution >= 0.6 is 0 Å². The fourth-order valence-corrected chi connectivity index (χ4v) is 2.42. The molecule has 4 nitrogen and oxygen atoms in total. The molecule has 0 radical (unpaired) electrons. The topological polar surface area (TPSA) is 64.3 Å². The molecule has 4 heteroatoms. The highest BCUT2D eigenvalue weighted by atomic mass is 16.5. The van der Waals surface area contributed by atoms with Crippen LogP contribution in [0.25, 0.3) is 0 Å². The van der Waals surface area contributed by atoms with Crippen molar-refractivity contribution in [3.63, 3.8) is 0 Å². The number of nitrogens with one attached hydrogen (secondary N) is 1. The van der Waals surface area contributed by atoms with E-state index in [0.29, 0.717) is 0 Å². The first-order valence-corrected chi connectivity index (χ1v) is 6.27. The molecule has 3 N–H and O–H groups in total. The number of rotatable bonds is 3. The second-order valence-electron chi connectivity index (χ2n) is 5.10. The number of nitrogens with two attached hydrogens (primary N) is 1. The van der Waals surface area contributed by atoms with Gasteiger partial charge in [-0.25, -0.2) is 0 Å². The predicted molar refractivity (Wildman–Crippen MR) is 71.6 cm³/mol. The monoisotopic (exact) mass is 248 g/mol. The van der Waals surface area contributed by atoms with E-state index in [1.165, 1.54) is 0 Å². The largest absolute Gasteiger partial charge is 0.497 e. The molecule has 1 aromatic carbocycles. The molecule has 0 aliphatic heterocycles. The molecular weight excluding hydrogens is 228 g/mol. The Labute approximate surface area is 108 Å². The molecule has 1 aliphatic rings. The third kappa shape index (κ3) is 2.34. The van der Waals surface area contributed by atoms with E-state index in [4.69, 9.17) is 10.5 Å². The molecule has 18 heavy (non-hydrogen) atoms. The van der Waals surface area contributed by atoms with Crippen LogP contribution in [-0.2, 0) is 4.79 Å². The molecule has 2 atom stereocenters. The highest BCUT2D eigenvalue weighted by Gasteiger charge is 2.42. The Kier molecular flexibility index (Phi) is 3.57. The van der Waals surface area contributed by atoms with E-state index in [0.717, 1.165) is 30.7 Å². The van der Waals surface area contributed by atoms with E-state index in [1.807, 2.05) is 31.2 Å². The first-order valence-electron chi connectivity index (χ1n) is 6.27. The van der Waals surface area contributed by atoms with Crippen molar-refractivity contribution in [1.82, 2.24) is 0 Å². The summed E-state index contributed by atoms with van der Waals surface area (Å²) >= 11 is 0. The van der Waals surface area contributed by atoms with Crippen molar-refractivity contribution in [1.29, 1.82) is 0 Å². The molecule has 0 spiro atoms. The van der Waals surface area contributed by atoms with Gasteiger partial charge in [0.2, 0.25) is 5.91 Å². The van der Waals surface area contributed by atoms with Crippen LogP contribution < -0.4 is 15.8 Å². The van der Waals surface area contributed by atoms with Crippen LogP contribution in [0.1, 0.15) is 26.2 Å². The lowest BCUT2D eigenvalue weighted by Crippen LogP contribution is -2.44. The number of hydrogen-bond donors (Lipinski definition) is 2. The van der Waals surface area contributed by atoms with E-state index in [1.54, 1.807) is 7.11 Å². The van der Waals surface area contributed by atoms with E-state index in [2.05, 4.69) is 5.32 Å². The van der Waals surface area contributed by atoms with Crippen molar-refractivity contribution in [2.24, 2.45) is 11.1 Å². The quantitative estimate of drug-likeness (QED) is 0.861. The Morgan fingerprint density at radius 1 is 1.44 bits per heavy atom. The number of ether oxygens (including phenoxy) is 1. The summed E-state index contributed by atoms with van der Waals surface area (Å²) in [7, 11) is 1.62. The van der Waals surface area contributed by atoms with Crippen LogP contribution in [-0.4, -0.2) is 19.1 Å². The van der Waals surface area contributed by atoms with Gasteiger partial charge < -0.3 is 15.8 Å². The smallest absolute Gasteiger partial charge is 0.231 e. The van der Waals surface area contributed by atoms with Gasteiger partial charge in [-0.05, 0) is 44.0 Å². The van der Waals surface area contributed by atoms with Gasteiger partial charge in [0.25, 0.3) is 0 Å². The number of anilines is 1. The van der Waals surface area contributed by atoms with Crippen molar-refractivity contribution < 1.29 is 9.53 Å². The third-order valence-electron chi connectivity index (χ3n) is 3.90. The van der Waals surface area contributed by atoms with Crippen molar-refractivity contribution in [2.45, 2.75) is 32.2 Å². The van der Waals surface area contributed by atoms with Crippen molar-refractivity contribution in [2.75, 3.05) is 12.4 Å². The Balaban J connectivity index is 2.06. The van der Waals surface area contributed by atoms with Crippen LogP contribution in [0.2, 0.25) is 0 Å². The second-order valence-corrected chi connectivity index (χ2v) is 5.10. The summed E-state index contributed by atoms with van der Waals surface area (Å²) < 4.78 is 5.08. The second kappa shape index (κ2) is 4.98. The first-order chi connectivity index (χ1) is 8.56. The zero-order valence-corrected chi connectivity index (χ0v) is 10.9. The summed E-state index contributed by atoms with van der Waals surface area (Å²) in [5.74, 6) is 0.787. The van der Waals surface area contributed by atoms with Crippen LogP contribution in [0.15, 0.2) is 24.3 Å². The van der Waals surface area contributed by atoms with Gasteiger partial charge in [0.05, 0.1) is 12.5 Å². The maximum Gasteiger partial charge on any atom is 0.231 e. The lowest BCUT2D eigenvalue weighted by Gasteiger charge is -2.27. The fraction of sp³-hybridized carbons (Fsp3) is 0.500. The molecule has 1 aliphatic carbocycles. The zero-order chi connectivity index (χ0) is 13.2. The van der Waals surface area contributed by atoms with E-state index in [-0.39, 0.29) is 11.9 Å². The molecule has 0 aromatic heterocycles. The van der Waals surface area contributed by atoms with Gasteiger partial charge in [-0.2, -0.15) is 0 Å². The molecule has 98 valence electrons. The maximum absolute atomic E-state index is 12.3. The van der Waals surface area contributed by atoms with Gasteiger partial charge in [-0.15, -0.1) is 0 Å². The Bertz CT molecular complexity index is 430. The van der Waals surface area contributed by atoms with Crippen molar-refractivity contribution in [3.8, 4) is 5.75 Å². The Morgan fingerprint density at radius 2 is 2.11 bits per heavy atom. The number of hydrogen-bond acceptors (Lipinski definition) is 3. The molecule has 0 saturated heterocycles. The predicted octanol–water partition coefficient (Wildman–Crippen LogP) is 2.15. The lowest BCUT2D eigenvalue weighted by atomic mass is 9.84. The van der Waals surface area contributed by atoms with Gasteiger partial charge in [0.1, 0.15) is 5.75 Å². The molecule has 0 bridgehead atoms. The number of methoxy groups -OCH3 is 1. The van der Waals surface area contributed by atoms with Gasteiger partial charge >= 0.3 is 0 Å². The summed E-state index contributed by atoms with van der Waals surface area (Å²) in [5.41, 5.74) is 6.37. The van der Waals surface area contributed by atoms with Crippen LogP contribution in [0.4, 0.5) is 5.69 Å². The Hall–Kier alpha value is -1.55. The van der Waals surface area contributed by atoms with E-state index >= 15 is 0 Å². The fourth-order valence-electron chi connectivity index (χ4n) is 2.42. The summed E-state index contributed by atoms with van der Waals surface area (Å²) in [5, 5.41) is 2.93. The van der Waals surface area contributed by atoms with E-state index in [9.17, 15) is 4.79 Å². The standard InChI is InChI=1S/C14H20N2O2/c1-14(9-3-4-12(14)15)13(17)16-10-5-7-11(18-2)8-6-10/h5-8,12H,3-4,9,15H2,1-2H3,(H,16,17). The third-order valence-corrected chi connectivity index (χ3v) is 3.90. The highest BCUT2D eigenvalue weighted by Crippen LogP contribution is 2.37. The molecule has 1 amide bonds. The summed E-state index contributed by atoms with van der Waals surface area (Å²) in [4.78, 5) is 12.3. The summed E-state index contributed by atoms with van der Waals surface area (Å²) in [6.45, 7) is 1.95. The molecule has 2 unspecified atom stereocenters. The van der Waals surface area contributed by atoms with E-state index < -0.39 is 5.41 Å². The van der Waals surface area contributed by atoms with Crippen LogP contribution in [0.3, 0.4) is 0 Å². The highest BCUT2D eigenvalue weighted by molar-refractivity contribution is 5.95. The number of carbonyl (C=O) groups is 1. The van der Waals surface area contributed by atoms with Gasteiger partial charge in [0, 0.05) is 11.7 Å². The molecule has 1 saturated carbocycles. The normalized spacial score (nSPS) is 26.9. The van der Waals surface area contributed by atoms with Gasteiger partial charge in [-0.3, -0.25) is 4.79 Å². The minimum atomic E-state index is -0.445. The summed E-state index contributed by atoms with van der Waals surface area (Å²) in [6, 6.07) is 7.27. The van der Waals surface area contributed by atoms with Crippen molar-refractivity contribution in [3.05, 3.63) is 24.3 Å². The molecule has 1 fully saturated rings. The number of amides is 1. The molecule has 1 aromatic rings. The minimum absolute atomic E-state index is 0.0117.